The van der Waals surface area contributed by atoms with Crippen LogP contribution in [0, 0.1) is 5.41 Å². The molecule has 13 heteroatoms. The number of primary amides is 1. The molecular weight excluding hydrogens is 564 g/mol. The number of nitrogens with zero attached hydrogens (tertiary/aromatic N) is 6. The Bertz CT molecular complexity index is 1710. The minimum Gasteiger partial charge on any atom is -0.383 e. The number of hydrogen-bond acceptors (Lipinski definition) is 10. The van der Waals surface area contributed by atoms with E-state index in [2.05, 4.69) is 24.8 Å². The van der Waals surface area contributed by atoms with Crippen LogP contribution in [0.5, 0.6) is 0 Å². The van der Waals surface area contributed by atoms with Gasteiger partial charge in [0, 0.05) is 43.5 Å². The SMILES string of the molecule is COCCn1cnc2ccc(Sc3cnc(N4CCC5(CC4)Cc4cnccc4[C@H]5N)c(C(N)=O)n3)c(Cl)c2c1=O. The Morgan fingerprint density at radius 2 is 2.02 bits per heavy atom. The van der Waals surface area contributed by atoms with Gasteiger partial charge in [-0.2, -0.15) is 0 Å². The average molecular weight is 593 g/mol. The van der Waals surface area contributed by atoms with Gasteiger partial charge in [-0.25, -0.2) is 15.0 Å². The maximum Gasteiger partial charge on any atom is 0.271 e. The van der Waals surface area contributed by atoms with Crippen LogP contribution in [0.1, 0.15) is 40.5 Å². The Morgan fingerprint density at radius 3 is 2.76 bits per heavy atom. The third-order valence-electron chi connectivity index (χ3n) is 8.15. The number of anilines is 1. The average Bonchev–Trinajstić information content (AvgIpc) is 3.25. The number of rotatable bonds is 7. The Hall–Kier alpha value is -3.58. The highest BCUT2D eigenvalue weighted by atomic mass is 35.5. The molecular formula is C28H29ClN8O3S. The minimum atomic E-state index is -0.666. The van der Waals surface area contributed by atoms with E-state index in [0.29, 0.717) is 52.9 Å². The number of carbonyl (C=O) groups is 1. The van der Waals surface area contributed by atoms with Crippen molar-refractivity contribution in [3.05, 3.63) is 75.3 Å². The third-order valence-corrected chi connectivity index (χ3v) is 9.62. The highest BCUT2D eigenvalue weighted by Gasteiger charge is 2.46. The standard InChI is InChI=1S/C28H29ClN8O3S/c1-40-11-10-37-15-34-18-2-3-19(22(29)21(18)27(37)39)41-20-14-33-26(23(35-20)25(31)38)36-8-5-28(6-9-36)12-16-13-32-7-4-17(16)24(28)30/h2-4,7,13-15,24H,5-6,8-12,30H2,1H3,(H2,31,38)/t24-/m1/s1. The van der Waals surface area contributed by atoms with Gasteiger partial charge in [-0.15, -0.1) is 0 Å². The number of carbonyl (C=O) groups excluding carboxylic acids is 1. The molecule has 41 heavy (non-hydrogen) atoms. The summed E-state index contributed by atoms with van der Waals surface area (Å²) < 4.78 is 6.54. The second-order valence-electron chi connectivity index (χ2n) is 10.4. The lowest BCUT2D eigenvalue weighted by Crippen LogP contribution is -2.45. The van der Waals surface area contributed by atoms with Crippen LogP contribution >= 0.6 is 23.4 Å². The summed E-state index contributed by atoms with van der Waals surface area (Å²) in [5.41, 5.74) is 15.1. The molecule has 1 atom stereocenters. The Kier molecular flexibility index (Phi) is 7.41. The molecule has 1 amide bonds. The van der Waals surface area contributed by atoms with Crippen molar-refractivity contribution in [2.45, 2.75) is 41.8 Å². The summed E-state index contributed by atoms with van der Waals surface area (Å²) >= 11 is 7.90. The van der Waals surface area contributed by atoms with Gasteiger partial charge in [0.25, 0.3) is 11.5 Å². The van der Waals surface area contributed by atoms with Crippen LogP contribution in [0.2, 0.25) is 5.02 Å². The molecule has 4 heterocycles. The quantitative estimate of drug-likeness (QED) is 0.327. The number of nitrogens with two attached hydrogens (primary N) is 2. The fourth-order valence-corrected chi connectivity index (χ4v) is 7.05. The van der Waals surface area contributed by atoms with E-state index in [4.69, 9.17) is 27.8 Å². The number of halogens is 1. The van der Waals surface area contributed by atoms with Gasteiger partial charge in [0.15, 0.2) is 11.5 Å². The van der Waals surface area contributed by atoms with Crippen LogP contribution < -0.4 is 21.9 Å². The maximum absolute atomic E-state index is 13.1. The van der Waals surface area contributed by atoms with E-state index < -0.39 is 5.91 Å². The van der Waals surface area contributed by atoms with E-state index in [1.54, 1.807) is 31.6 Å². The molecule has 1 saturated heterocycles. The molecule has 1 spiro atoms. The number of amides is 1. The lowest BCUT2D eigenvalue weighted by Gasteiger charge is -2.42. The number of piperidine rings is 1. The van der Waals surface area contributed by atoms with Crippen molar-refractivity contribution in [3.63, 3.8) is 0 Å². The van der Waals surface area contributed by atoms with Gasteiger partial charge in [-0.1, -0.05) is 23.4 Å². The summed E-state index contributed by atoms with van der Waals surface area (Å²) in [5, 5.41) is 0.996. The molecule has 1 fully saturated rings. The first-order valence-corrected chi connectivity index (χ1v) is 14.5. The van der Waals surface area contributed by atoms with Crippen molar-refractivity contribution in [1.82, 2.24) is 24.5 Å². The van der Waals surface area contributed by atoms with Crippen molar-refractivity contribution >= 4 is 46.0 Å². The molecule has 0 bridgehead atoms. The minimum absolute atomic E-state index is 0.0399. The zero-order valence-corrected chi connectivity index (χ0v) is 24.0. The first kappa shape index (κ1) is 27.6. The Labute approximate surface area is 245 Å². The number of ether oxygens (including phenoxy) is 1. The molecule has 212 valence electrons. The second kappa shape index (κ2) is 11.0. The molecule has 11 nitrogen and oxygen atoms in total. The van der Waals surface area contributed by atoms with Crippen molar-refractivity contribution < 1.29 is 9.53 Å². The number of hydrogen-bond donors (Lipinski definition) is 2. The van der Waals surface area contributed by atoms with Gasteiger partial charge in [0.1, 0.15) is 5.03 Å². The fraction of sp³-hybridized carbons (Fsp3) is 0.357. The smallest absolute Gasteiger partial charge is 0.271 e. The van der Waals surface area contributed by atoms with Crippen LogP contribution in [0.15, 0.2) is 57.8 Å². The predicted molar refractivity (Wildman–Crippen MR) is 156 cm³/mol. The van der Waals surface area contributed by atoms with Crippen molar-refractivity contribution in [3.8, 4) is 0 Å². The highest BCUT2D eigenvalue weighted by Crippen LogP contribution is 2.50. The van der Waals surface area contributed by atoms with E-state index >= 15 is 0 Å². The van der Waals surface area contributed by atoms with E-state index in [0.717, 1.165) is 19.3 Å². The summed E-state index contributed by atoms with van der Waals surface area (Å²) in [7, 11) is 1.57. The number of methoxy groups -OCH3 is 1. The molecule has 3 aromatic heterocycles. The van der Waals surface area contributed by atoms with Crippen LogP contribution in [0.4, 0.5) is 5.82 Å². The number of aromatic nitrogens is 5. The highest BCUT2D eigenvalue weighted by molar-refractivity contribution is 7.99. The van der Waals surface area contributed by atoms with E-state index in [9.17, 15) is 9.59 Å². The summed E-state index contributed by atoms with van der Waals surface area (Å²) in [6, 6.07) is 5.47. The van der Waals surface area contributed by atoms with E-state index in [1.165, 1.54) is 33.8 Å². The molecule has 1 aliphatic heterocycles. The molecule has 4 N–H and O–H groups in total. The predicted octanol–water partition coefficient (Wildman–Crippen LogP) is 2.97. The molecule has 0 radical (unpaired) electrons. The summed E-state index contributed by atoms with van der Waals surface area (Å²) in [4.78, 5) is 46.0. The zero-order valence-electron chi connectivity index (χ0n) is 22.4. The lowest BCUT2D eigenvalue weighted by atomic mass is 9.73. The number of pyridine rings is 1. The second-order valence-corrected chi connectivity index (χ2v) is 11.9. The molecule has 1 aromatic carbocycles. The van der Waals surface area contributed by atoms with Gasteiger partial charge in [0.05, 0.1) is 41.6 Å². The summed E-state index contributed by atoms with van der Waals surface area (Å²) in [6.45, 7) is 2.08. The van der Waals surface area contributed by atoms with Crippen molar-refractivity contribution in [2.24, 2.45) is 16.9 Å². The van der Waals surface area contributed by atoms with Crippen LogP contribution in [0.25, 0.3) is 10.9 Å². The van der Waals surface area contributed by atoms with E-state index in [1.807, 2.05) is 12.3 Å². The maximum atomic E-state index is 13.1. The van der Waals surface area contributed by atoms with Crippen LogP contribution in [0.3, 0.4) is 0 Å². The lowest BCUT2D eigenvalue weighted by molar-refractivity contribution is 0.0994. The fourth-order valence-electron chi connectivity index (χ4n) is 5.90. The molecule has 6 rings (SSSR count). The topological polar surface area (TPSA) is 155 Å². The Balaban J connectivity index is 1.24. The third kappa shape index (κ3) is 4.94. The van der Waals surface area contributed by atoms with Gasteiger partial charge in [-0.05, 0) is 54.0 Å². The summed E-state index contributed by atoms with van der Waals surface area (Å²) in [5.74, 6) is -0.210. The van der Waals surface area contributed by atoms with Gasteiger partial charge in [-0.3, -0.25) is 19.1 Å². The monoisotopic (exact) mass is 592 g/mol. The largest absolute Gasteiger partial charge is 0.383 e. The van der Waals surface area contributed by atoms with Gasteiger partial charge < -0.3 is 21.1 Å². The van der Waals surface area contributed by atoms with Crippen molar-refractivity contribution in [1.29, 1.82) is 0 Å². The first-order valence-electron chi connectivity index (χ1n) is 13.3. The molecule has 2 aliphatic rings. The van der Waals surface area contributed by atoms with Crippen molar-refractivity contribution in [2.75, 3.05) is 31.7 Å². The van der Waals surface area contributed by atoms with E-state index in [-0.39, 0.29) is 27.7 Å². The number of benzene rings is 1. The van der Waals surface area contributed by atoms with Crippen LogP contribution in [-0.2, 0) is 17.7 Å². The summed E-state index contributed by atoms with van der Waals surface area (Å²) in [6.07, 6.45) is 9.38. The first-order chi connectivity index (χ1) is 19.8. The molecule has 4 aromatic rings. The number of fused-ring (bicyclic) bond motifs is 2. The molecule has 0 unspecified atom stereocenters. The molecule has 1 aliphatic carbocycles. The van der Waals surface area contributed by atoms with Gasteiger partial charge >= 0.3 is 0 Å². The van der Waals surface area contributed by atoms with Crippen LogP contribution in [-0.4, -0.2) is 57.2 Å². The zero-order chi connectivity index (χ0) is 28.7. The Morgan fingerprint density at radius 1 is 1.22 bits per heavy atom. The normalized spacial score (nSPS) is 17.7. The van der Waals surface area contributed by atoms with Gasteiger partial charge in [0.2, 0.25) is 0 Å². The molecule has 0 saturated carbocycles.